The van der Waals surface area contributed by atoms with Gasteiger partial charge in [-0.1, -0.05) is 0 Å². The van der Waals surface area contributed by atoms with Crippen LogP contribution in [0.15, 0.2) is 5.38 Å². The van der Waals surface area contributed by atoms with Crippen LogP contribution >= 0.6 is 11.3 Å². The molecule has 0 spiro atoms. The van der Waals surface area contributed by atoms with Crippen molar-refractivity contribution in [2.45, 2.75) is 6.18 Å². The molecule has 0 atom stereocenters. The first-order valence-electron chi connectivity index (χ1n) is 2.67. The van der Waals surface area contributed by atoms with Gasteiger partial charge in [0.15, 0.2) is 10.7 Å². The Bertz CT molecular complexity index is 306. The first kappa shape index (κ1) is 8.98. The molecule has 0 unspecified atom stereocenters. The van der Waals surface area contributed by atoms with Crippen LogP contribution in [0.3, 0.4) is 0 Å². The summed E-state index contributed by atoms with van der Waals surface area (Å²) in [5, 5.41) is 7.95. The Morgan fingerprint density at radius 3 is 2.42 bits per heavy atom. The molecular weight excluding hydrogens is 195 g/mol. The van der Waals surface area contributed by atoms with Gasteiger partial charge in [0.2, 0.25) is 0 Å². The summed E-state index contributed by atoms with van der Waals surface area (Å²) in [6, 6.07) is 0. The average molecular weight is 197 g/mol. The highest BCUT2D eigenvalue weighted by Crippen LogP contribution is 2.31. The van der Waals surface area contributed by atoms with E-state index in [1.807, 2.05) is 0 Å². The van der Waals surface area contributed by atoms with E-state index in [0.29, 0.717) is 0 Å². The monoisotopic (exact) mass is 197 g/mol. The fourth-order valence-electron chi connectivity index (χ4n) is 0.502. The Hall–Kier alpha value is -1.11. The summed E-state index contributed by atoms with van der Waals surface area (Å²) in [6.07, 6.45) is -4.56. The zero-order valence-corrected chi connectivity index (χ0v) is 6.24. The average Bonchev–Trinajstić information content (AvgIpc) is 2.30. The van der Waals surface area contributed by atoms with Gasteiger partial charge in [0, 0.05) is 5.38 Å². The number of carboxylic acid groups (broad SMARTS) is 1. The summed E-state index contributed by atoms with van der Waals surface area (Å²) in [6.45, 7) is 0. The summed E-state index contributed by atoms with van der Waals surface area (Å²) in [5.74, 6) is -1.46. The fourth-order valence-corrected chi connectivity index (χ4v) is 1.16. The normalized spacial score (nSPS) is 11.6. The minimum absolute atomic E-state index is 0.268. The van der Waals surface area contributed by atoms with Gasteiger partial charge in [0.1, 0.15) is 0 Å². The molecule has 1 aromatic heterocycles. The second kappa shape index (κ2) is 2.74. The molecule has 0 amide bonds. The van der Waals surface area contributed by atoms with Crippen LogP contribution in [0.1, 0.15) is 15.5 Å². The Morgan fingerprint density at radius 2 is 2.17 bits per heavy atom. The molecule has 0 fully saturated rings. The first-order valence-corrected chi connectivity index (χ1v) is 3.55. The Kier molecular flexibility index (Phi) is 2.05. The zero-order chi connectivity index (χ0) is 9.35. The van der Waals surface area contributed by atoms with Crippen LogP contribution in [-0.2, 0) is 6.18 Å². The van der Waals surface area contributed by atoms with Gasteiger partial charge in [-0.05, 0) is 0 Å². The van der Waals surface area contributed by atoms with Crippen molar-refractivity contribution >= 4 is 17.3 Å². The highest BCUT2D eigenvalue weighted by Gasteiger charge is 2.35. The highest BCUT2D eigenvalue weighted by atomic mass is 32.1. The fraction of sp³-hybridized carbons (Fsp3) is 0.200. The number of nitrogens with zero attached hydrogens (tertiary/aromatic N) is 1. The van der Waals surface area contributed by atoms with E-state index in [1.54, 1.807) is 0 Å². The van der Waals surface area contributed by atoms with Crippen molar-refractivity contribution in [3.8, 4) is 0 Å². The third kappa shape index (κ3) is 1.73. The van der Waals surface area contributed by atoms with Crippen LogP contribution < -0.4 is 0 Å². The first-order chi connectivity index (χ1) is 5.41. The molecule has 0 radical (unpaired) electrons. The van der Waals surface area contributed by atoms with E-state index >= 15 is 0 Å². The van der Waals surface area contributed by atoms with Gasteiger partial charge in [-0.15, -0.1) is 11.3 Å². The molecule has 0 saturated heterocycles. The highest BCUT2D eigenvalue weighted by molar-refractivity contribution is 7.09. The molecule has 0 saturated carbocycles. The molecule has 1 heterocycles. The predicted molar refractivity (Wildman–Crippen MR) is 34.1 cm³/mol. The van der Waals surface area contributed by atoms with Gasteiger partial charge >= 0.3 is 12.1 Å². The van der Waals surface area contributed by atoms with Crippen molar-refractivity contribution in [1.29, 1.82) is 0 Å². The molecule has 7 heteroatoms. The van der Waals surface area contributed by atoms with Crippen LogP contribution in [0.25, 0.3) is 0 Å². The second-order valence-electron chi connectivity index (χ2n) is 1.84. The van der Waals surface area contributed by atoms with E-state index in [9.17, 15) is 18.0 Å². The van der Waals surface area contributed by atoms with E-state index in [2.05, 4.69) is 4.98 Å². The van der Waals surface area contributed by atoms with Gasteiger partial charge in [-0.3, -0.25) is 0 Å². The van der Waals surface area contributed by atoms with Crippen LogP contribution in [-0.4, -0.2) is 16.1 Å². The molecule has 3 nitrogen and oxygen atoms in total. The van der Waals surface area contributed by atoms with Crippen LogP contribution in [0, 0.1) is 0 Å². The van der Waals surface area contributed by atoms with Crippen LogP contribution in [0.2, 0.25) is 0 Å². The summed E-state index contributed by atoms with van der Waals surface area (Å²) >= 11 is 0.268. The molecule has 12 heavy (non-hydrogen) atoms. The molecule has 66 valence electrons. The number of hydrogen-bond acceptors (Lipinski definition) is 3. The van der Waals surface area contributed by atoms with E-state index < -0.39 is 22.8 Å². The summed E-state index contributed by atoms with van der Waals surface area (Å²) in [7, 11) is 0. The lowest BCUT2D eigenvalue weighted by atomic mass is 10.5. The predicted octanol–water partition coefficient (Wildman–Crippen LogP) is 1.86. The van der Waals surface area contributed by atoms with Crippen molar-refractivity contribution in [1.82, 2.24) is 4.98 Å². The van der Waals surface area contributed by atoms with Crippen molar-refractivity contribution in [3.63, 3.8) is 0 Å². The van der Waals surface area contributed by atoms with Gasteiger partial charge in [-0.2, -0.15) is 13.2 Å². The number of hydrogen-bond donors (Lipinski definition) is 1. The van der Waals surface area contributed by atoms with E-state index in [0.717, 1.165) is 5.38 Å². The zero-order valence-electron chi connectivity index (χ0n) is 5.42. The largest absolute Gasteiger partial charge is 0.476 e. The lowest BCUT2D eigenvalue weighted by molar-refractivity contribution is -0.137. The Labute approximate surface area is 68.5 Å². The van der Waals surface area contributed by atoms with E-state index in [-0.39, 0.29) is 11.3 Å². The Morgan fingerprint density at radius 1 is 1.58 bits per heavy atom. The van der Waals surface area contributed by atoms with Crippen molar-refractivity contribution in [2.75, 3.05) is 0 Å². The summed E-state index contributed by atoms with van der Waals surface area (Å²) < 4.78 is 35.5. The smallest absolute Gasteiger partial charge is 0.443 e. The number of aromatic carboxylic acids is 1. The lowest BCUT2D eigenvalue weighted by Crippen LogP contribution is -2.05. The number of carbonyl (C=O) groups is 1. The molecular formula is C5H2F3NO2S. The van der Waals surface area contributed by atoms with Gasteiger partial charge in [-0.25, -0.2) is 9.78 Å². The minimum Gasteiger partial charge on any atom is -0.476 e. The maximum Gasteiger partial charge on any atom is 0.443 e. The number of carboxylic acids is 1. The maximum atomic E-state index is 11.8. The Balaban J connectivity index is 3.00. The quantitative estimate of drug-likeness (QED) is 0.747. The van der Waals surface area contributed by atoms with Gasteiger partial charge in [0.05, 0.1) is 0 Å². The molecule has 1 N–H and O–H groups in total. The number of aromatic nitrogens is 1. The molecule has 1 rings (SSSR count). The van der Waals surface area contributed by atoms with Gasteiger partial charge in [0.25, 0.3) is 0 Å². The topological polar surface area (TPSA) is 50.2 Å². The van der Waals surface area contributed by atoms with Crippen molar-refractivity contribution in [2.24, 2.45) is 0 Å². The van der Waals surface area contributed by atoms with Crippen LogP contribution in [0.4, 0.5) is 13.2 Å². The molecule has 0 aliphatic carbocycles. The minimum atomic E-state index is -4.56. The molecule has 0 aliphatic heterocycles. The second-order valence-corrected chi connectivity index (χ2v) is 2.70. The van der Waals surface area contributed by atoms with E-state index in [1.165, 1.54) is 0 Å². The standard InChI is InChI=1S/C5H2F3NO2S/c6-5(7,8)4-9-2(1-12-4)3(10)11/h1H,(H,10,11). The molecule has 0 bridgehead atoms. The molecule has 0 aromatic carbocycles. The number of thiazole rings is 1. The number of alkyl halides is 3. The maximum absolute atomic E-state index is 11.8. The number of rotatable bonds is 1. The molecule has 0 aliphatic rings. The summed E-state index contributed by atoms with van der Waals surface area (Å²) in [5.41, 5.74) is -0.577. The molecule has 1 aromatic rings. The number of halogens is 3. The van der Waals surface area contributed by atoms with Gasteiger partial charge < -0.3 is 5.11 Å². The van der Waals surface area contributed by atoms with Crippen molar-refractivity contribution in [3.05, 3.63) is 16.1 Å². The van der Waals surface area contributed by atoms with Crippen molar-refractivity contribution < 1.29 is 23.1 Å². The van der Waals surface area contributed by atoms with E-state index in [4.69, 9.17) is 5.11 Å². The summed E-state index contributed by atoms with van der Waals surface area (Å²) in [4.78, 5) is 13.0. The lowest BCUT2D eigenvalue weighted by Gasteiger charge is -1.98. The van der Waals surface area contributed by atoms with Crippen LogP contribution in [0.5, 0.6) is 0 Å². The third-order valence-corrected chi connectivity index (χ3v) is 1.85. The third-order valence-electron chi connectivity index (χ3n) is 0.966. The SMILES string of the molecule is O=C(O)c1csc(C(F)(F)F)n1.